The molecule has 0 amide bonds. The molecule has 0 aliphatic carbocycles. The Morgan fingerprint density at radius 1 is 1.13 bits per heavy atom. The molecule has 15 heavy (non-hydrogen) atoms. The first-order valence-electron chi connectivity index (χ1n) is 5.44. The van der Waals surface area contributed by atoms with Gasteiger partial charge in [-0.25, -0.2) is 4.79 Å². The van der Waals surface area contributed by atoms with Crippen molar-refractivity contribution < 1.29 is 4.79 Å². The summed E-state index contributed by atoms with van der Waals surface area (Å²) in [6, 6.07) is -1.71. The minimum absolute atomic E-state index is 0.413. The Bertz CT molecular complexity index is 310. The van der Waals surface area contributed by atoms with Gasteiger partial charge in [-0.2, -0.15) is 0 Å². The summed E-state index contributed by atoms with van der Waals surface area (Å²) < 4.78 is 0. The Morgan fingerprint density at radius 2 is 1.47 bits per heavy atom. The van der Waals surface area contributed by atoms with E-state index in [1.165, 1.54) is 0 Å². The lowest BCUT2D eigenvalue weighted by Crippen LogP contribution is -2.29. The van der Waals surface area contributed by atoms with E-state index in [-0.39, 0.29) is 0 Å². The Balaban J connectivity index is 5.68. The Kier molecular flexibility index (Phi) is 5.21. The first kappa shape index (κ1) is 15.3. The van der Waals surface area contributed by atoms with E-state index in [9.17, 15) is 4.79 Å². The van der Waals surface area contributed by atoms with Gasteiger partial charge < -0.3 is 0 Å². The monoisotopic (exact) mass is 262 g/mol. The molecule has 0 fully saturated rings. The van der Waals surface area contributed by atoms with Crippen LogP contribution in [0, 0.1) is 0 Å². The van der Waals surface area contributed by atoms with Crippen LogP contribution in [0.4, 0.5) is 0 Å². The summed E-state index contributed by atoms with van der Waals surface area (Å²) in [5.41, 5.74) is 0.825. The molecule has 0 N–H and O–H groups in total. The third-order valence-corrected chi connectivity index (χ3v) is 14.8. The summed E-state index contributed by atoms with van der Waals surface area (Å²) in [7, 11) is -1.61. The lowest BCUT2D eigenvalue weighted by Gasteiger charge is -2.36. The van der Waals surface area contributed by atoms with Gasteiger partial charge in [0.2, 0.25) is 0 Å². The zero-order chi connectivity index (χ0) is 12.4. The Labute approximate surface area is 100 Å². The standard InChI is InChI=1S/C11H23OPSSi/c1-9(2)13(14,10(3)4)11(8-12)15(5,6)7/h9-10H,1-7H3. The molecule has 0 unspecified atom stereocenters. The van der Waals surface area contributed by atoms with Gasteiger partial charge in [0, 0.05) is 4.94 Å². The molecule has 1 nitrogen and oxygen atoms in total. The van der Waals surface area contributed by atoms with Crippen LogP contribution in [-0.4, -0.2) is 25.3 Å². The van der Waals surface area contributed by atoms with E-state index in [1.54, 1.807) is 0 Å². The fourth-order valence-electron chi connectivity index (χ4n) is 1.86. The van der Waals surface area contributed by atoms with Gasteiger partial charge in [-0.1, -0.05) is 59.1 Å². The number of hydrogen-bond acceptors (Lipinski definition) is 2. The summed E-state index contributed by atoms with van der Waals surface area (Å²) in [5, 5.41) is 0. The molecule has 0 aromatic carbocycles. The first-order chi connectivity index (χ1) is 6.58. The highest BCUT2D eigenvalue weighted by Gasteiger charge is 2.37. The van der Waals surface area contributed by atoms with Crippen LogP contribution in [-0.2, 0) is 16.6 Å². The molecule has 0 aromatic heterocycles. The summed E-state index contributed by atoms with van der Waals surface area (Å²) in [6.07, 6.45) is 0. The molecular formula is C11H23OPSSi. The average Bonchev–Trinajstić information content (AvgIpc) is 2.01. The van der Waals surface area contributed by atoms with E-state index in [0.717, 1.165) is 4.94 Å². The van der Waals surface area contributed by atoms with E-state index >= 15 is 0 Å². The molecule has 0 spiro atoms. The van der Waals surface area contributed by atoms with E-state index in [4.69, 9.17) is 11.8 Å². The summed E-state index contributed by atoms with van der Waals surface area (Å²) in [5.74, 6) is 2.22. The van der Waals surface area contributed by atoms with Crippen LogP contribution in [0.1, 0.15) is 27.7 Å². The van der Waals surface area contributed by atoms with Crippen molar-refractivity contribution in [2.75, 3.05) is 0 Å². The molecule has 0 aliphatic rings. The number of rotatable bonds is 4. The SMILES string of the molecule is CC(C)P(=S)(C(=C=O)[Si](C)(C)C)C(C)C. The van der Waals surface area contributed by atoms with E-state index < -0.39 is 14.1 Å². The predicted octanol–water partition coefficient (Wildman–Crippen LogP) is 3.88. The molecule has 0 saturated carbocycles. The van der Waals surface area contributed by atoms with Crippen molar-refractivity contribution in [3.8, 4) is 0 Å². The molecule has 0 saturated heterocycles. The molecule has 0 aliphatic heterocycles. The van der Waals surface area contributed by atoms with E-state index in [1.807, 2.05) is 0 Å². The molecular weight excluding hydrogens is 239 g/mol. The zero-order valence-corrected chi connectivity index (χ0v) is 13.6. The average molecular weight is 262 g/mol. The molecule has 0 atom stereocenters. The van der Waals surface area contributed by atoms with Crippen molar-refractivity contribution in [3.05, 3.63) is 4.94 Å². The first-order valence-corrected chi connectivity index (χ1v) is 11.9. The molecule has 0 bridgehead atoms. The van der Waals surface area contributed by atoms with Crippen molar-refractivity contribution >= 4 is 31.9 Å². The molecule has 88 valence electrons. The Morgan fingerprint density at radius 3 is 1.53 bits per heavy atom. The zero-order valence-electron chi connectivity index (χ0n) is 10.9. The van der Waals surface area contributed by atoms with Crippen LogP contribution in [0.5, 0.6) is 0 Å². The molecule has 0 aromatic rings. The van der Waals surface area contributed by atoms with Crippen LogP contribution in [0.25, 0.3) is 0 Å². The van der Waals surface area contributed by atoms with Crippen molar-refractivity contribution in [3.63, 3.8) is 0 Å². The van der Waals surface area contributed by atoms with Gasteiger partial charge in [-0.05, 0) is 17.4 Å². The van der Waals surface area contributed by atoms with E-state index in [2.05, 4.69) is 53.3 Å². The van der Waals surface area contributed by atoms with Crippen LogP contribution in [0.15, 0.2) is 4.94 Å². The lowest BCUT2D eigenvalue weighted by atomic mass is 10.5. The van der Waals surface area contributed by atoms with Crippen LogP contribution >= 0.6 is 6.04 Å². The third-order valence-electron chi connectivity index (χ3n) is 2.69. The minimum atomic E-state index is -1.71. The highest BCUT2D eigenvalue weighted by atomic mass is 32.4. The maximum Gasteiger partial charge on any atom is 0.124 e. The molecule has 0 radical (unpaired) electrons. The van der Waals surface area contributed by atoms with Crippen molar-refractivity contribution in [1.29, 1.82) is 0 Å². The van der Waals surface area contributed by atoms with Gasteiger partial charge in [-0.15, -0.1) is 0 Å². The Hall–Kier alpha value is 0.317. The summed E-state index contributed by atoms with van der Waals surface area (Å²) >= 11 is 5.86. The van der Waals surface area contributed by atoms with Crippen molar-refractivity contribution in [1.82, 2.24) is 0 Å². The smallest absolute Gasteiger partial charge is 0.124 e. The quantitative estimate of drug-likeness (QED) is 0.434. The second-order valence-electron chi connectivity index (χ2n) is 5.60. The predicted molar refractivity (Wildman–Crippen MR) is 77.1 cm³/mol. The normalized spacial score (nSPS) is 13.1. The minimum Gasteiger partial charge on any atom is -0.234 e. The van der Waals surface area contributed by atoms with Crippen LogP contribution < -0.4 is 0 Å². The van der Waals surface area contributed by atoms with Gasteiger partial charge in [0.15, 0.2) is 0 Å². The molecule has 4 heteroatoms. The van der Waals surface area contributed by atoms with Crippen LogP contribution in [0.2, 0.25) is 19.6 Å². The summed E-state index contributed by atoms with van der Waals surface area (Å²) in [6.45, 7) is 15.2. The fraction of sp³-hybridized carbons (Fsp3) is 0.818. The van der Waals surface area contributed by atoms with Crippen molar-refractivity contribution in [2.45, 2.75) is 58.7 Å². The van der Waals surface area contributed by atoms with Crippen molar-refractivity contribution in [2.24, 2.45) is 0 Å². The lowest BCUT2D eigenvalue weighted by molar-refractivity contribution is 0.569. The second kappa shape index (κ2) is 5.10. The van der Waals surface area contributed by atoms with Gasteiger partial charge in [0.25, 0.3) is 0 Å². The van der Waals surface area contributed by atoms with E-state index in [0.29, 0.717) is 11.3 Å². The molecule has 0 heterocycles. The number of carbonyl (C=O) groups excluding carboxylic acids is 1. The third kappa shape index (κ3) is 3.14. The maximum atomic E-state index is 11.2. The van der Waals surface area contributed by atoms with Gasteiger partial charge in [-0.3, -0.25) is 0 Å². The summed E-state index contributed by atoms with van der Waals surface area (Å²) in [4.78, 5) is 12.2. The highest BCUT2D eigenvalue weighted by Crippen LogP contribution is 2.63. The number of hydrogen-bond donors (Lipinski definition) is 0. The highest BCUT2D eigenvalue weighted by molar-refractivity contribution is 8.18. The fourth-order valence-corrected chi connectivity index (χ4v) is 12.9. The van der Waals surface area contributed by atoms with Gasteiger partial charge in [0.05, 0.1) is 8.07 Å². The topological polar surface area (TPSA) is 17.1 Å². The largest absolute Gasteiger partial charge is 0.234 e. The van der Waals surface area contributed by atoms with Gasteiger partial charge >= 0.3 is 0 Å². The molecule has 0 rings (SSSR count). The second-order valence-corrected chi connectivity index (χ2v) is 16.8. The van der Waals surface area contributed by atoms with Crippen LogP contribution in [0.3, 0.4) is 0 Å². The maximum absolute atomic E-state index is 11.2. The van der Waals surface area contributed by atoms with Gasteiger partial charge in [0.1, 0.15) is 5.94 Å².